The Labute approximate surface area is 170 Å². The Balaban J connectivity index is 1.41. The molecule has 1 amide bonds. The van der Waals surface area contributed by atoms with Crippen molar-refractivity contribution in [3.63, 3.8) is 0 Å². The van der Waals surface area contributed by atoms with E-state index in [-0.39, 0.29) is 23.6 Å². The summed E-state index contributed by atoms with van der Waals surface area (Å²) in [6.45, 7) is 0.644. The van der Waals surface area contributed by atoms with Crippen molar-refractivity contribution in [1.82, 2.24) is 29.9 Å². The molecule has 2 aromatic heterocycles. The van der Waals surface area contributed by atoms with Crippen LogP contribution in [0.25, 0.3) is 5.69 Å². The molecule has 2 fully saturated rings. The summed E-state index contributed by atoms with van der Waals surface area (Å²) in [5.41, 5.74) is 0.699. The van der Waals surface area contributed by atoms with Gasteiger partial charge in [0, 0.05) is 12.6 Å². The number of fused-ring (bicyclic) bond motifs is 2. The van der Waals surface area contributed by atoms with Crippen molar-refractivity contribution >= 4 is 23.5 Å². The second-order valence-corrected chi connectivity index (χ2v) is 7.75. The highest BCUT2D eigenvalue weighted by atomic mass is 35.5. The second kappa shape index (κ2) is 7.07. The van der Waals surface area contributed by atoms with Gasteiger partial charge in [0.25, 0.3) is 5.91 Å². The highest BCUT2D eigenvalue weighted by molar-refractivity contribution is 6.30. The number of nitrogens with zero attached hydrogens (tertiary/aromatic N) is 6. The van der Waals surface area contributed by atoms with Crippen LogP contribution in [0.3, 0.4) is 0 Å². The number of benzene rings is 1. The Morgan fingerprint density at radius 2 is 1.93 bits per heavy atom. The zero-order valence-electron chi connectivity index (χ0n) is 15.2. The predicted octanol–water partition coefficient (Wildman–Crippen LogP) is 2.56. The number of likely N-dealkylation sites (tertiary alicyclic amines) is 1. The van der Waals surface area contributed by atoms with E-state index in [1.807, 2.05) is 4.90 Å². The van der Waals surface area contributed by atoms with E-state index < -0.39 is 5.82 Å². The molecule has 0 unspecified atom stereocenters. The molecule has 29 heavy (non-hydrogen) atoms. The molecule has 2 aliphatic rings. The van der Waals surface area contributed by atoms with Crippen molar-refractivity contribution < 1.29 is 9.18 Å². The van der Waals surface area contributed by atoms with Gasteiger partial charge in [-0.2, -0.15) is 15.0 Å². The van der Waals surface area contributed by atoms with E-state index in [0.717, 1.165) is 12.8 Å². The molecule has 8 nitrogen and oxygen atoms in total. The fourth-order valence-corrected chi connectivity index (χ4v) is 4.41. The van der Waals surface area contributed by atoms with Crippen LogP contribution in [-0.2, 0) is 0 Å². The van der Waals surface area contributed by atoms with Gasteiger partial charge < -0.3 is 10.2 Å². The van der Waals surface area contributed by atoms with Gasteiger partial charge in [0.1, 0.15) is 5.82 Å². The predicted molar refractivity (Wildman–Crippen MR) is 103 cm³/mol. The number of rotatable bonds is 4. The number of nitrogens with one attached hydrogen (secondary N) is 1. The molecule has 10 heteroatoms. The Hall–Kier alpha value is -3.07. The van der Waals surface area contributed by atoms with Crippen LogP contribution < -0.4 is 5.32 Å². The van der Waals surface area contributed by atoms with Crippen molar-refractivity contribution in [3.05, 3.63) is 59.4 Å². The molecule has 1 aromatic carbocycles. The lowest BCUT2D eigenvalue weighted by atomic mass is 10.0. The van der Waals surface area contributed by atoms with Crippen LogP contribution in [0.5, 0.6) is 0 Å². The van der Waals surface area contributed by atoms with Gasteiger partial charge in [-0.1, -0.05) is 11.6 Å². The fourth-order valence-electron chi connectivity index (χ4n) is 4.32. The van der Waals surface area contributed by atoms with Gasteiger partial charge in [0.15, 0.2) is 0 Å². The lowest BCUT2D eigenvalue weighted by Gasteiger charge is -2.34. The van der Waals surface area contributed by atoms with E-state index in [2.05, 4.69) is 25.5 Å². The van der Waals surface area contributed by atoms with Crippen LogP contribution in [0.1, 0.15) is 23.2 Å². The number of amides is 1. The van der Waals surface area contributed by atoms with E-state index in [9.17, 15) is 9.18 Å². The van der Waals surface area contributed by atoms with Gasteiger partial charge in [0.2, 0.25) is 5.95 Å². The van der Waals surface area contributed by atoms with Crippen molar-refractivity contribution in [1.29, 1.82) is 0 Å². The zero-order valence-corrected chi connectivity index (χ0v) is 16.0. The molecular formula is C19H17ClFN7O. The molecule has 3 aromatic rings. The summed E-state index contributed by atoms with van der Waals surface area (Å²) in [7, 11) is 0. The summed E-state index contributed by atoms with van der Waals surface area (Å²) >= 11 is 5.85. The Kier molecular flexibility index (Phi) is 4.39. The van der Waals surface area contributed by atoms with E-state index in [4.69, 9.17) is 11.6 Å². The molecule has 1 aliphatic carbocycles. The highest BCUT2D eigenvalue weighted by Crippen LogP contribution is 2.40. The van der Waals surface area contributed by atoms with Crippen LogP contribution in [0.4, 0.5) is 10.3 Å². The summed E-state index contributed by atoms with van der Waals surface area (Å²) in [6.07, 6.45) is 7.91. The van der Waals surface area contributed by atoms with Crippen LogP contribution in [-0.4, -0.2) is 54.4 Å². The fraction of sp³-hybridized carbons (Fsp3) is 0.316. The van der Waals surface area contributed by atoms with E-state index in [1.165, 1.54) is 47.8 Å². The quantitative estimate of drug-likeness (QED) is 0.707. The maximum absolute atomic E-state index is 14.0. The maximum atomic E-state index is 14.0. The monoisotopic (exact) mass is 413 g/mol. The smallest absolute Gasteiger partial charge is 0.256 e. The number of carbonyl (C=O) groups is 1. The molecule has 148 valence electrons. The average molecular weight is 414 g/mol. The topological polar surface area (TPSA) is 88.8 Å². The van der Waals surface area contributed by atoms with Crippen LogP contribution in [0.2, 0.25) is 5.02 Å². The Morgan fingerprint density at radius 1 is 1.17 bits per heavy atom. The Bertz CT molecular complexity index is 1040. The second-order valence-electron chi connectivity index (χ2n) is 7.32. The van der Waals surface area contributed by atoms with Crippen molar-refractivity contribution in [3.8, 4) is 5.69 Å². The number of anilines is 1. The lowest BCUT2D eigenvalue weighted by Crippen LogP contribution is -2.48. The van der Waals surface area contributed by atoms with Crippen LogP contribution >= 0.6 is 11.6 Å². The third kappa shape index (κ3) is 3.31. The normalized spacial score (nSPS) is 22.8. The zero-order chi connectivity index (χ0) is 20.0. The molecule has 1 saturated heterocycles. The van der Waals surface area contributed by atoms with E-state index >= 15 is 0 Å². The van der Waals surface area contributed by atoms with Gasteiger partial charge >= 0.3 is 0 Å². The third-order valence-corrected chi connectivity index (χ3v) is 5.70. The minimum atomic E-state index is -0.474. The first kappa shape index (κ1) is 18.0. The van der Waals surface area contributed by atoms with Crippen LogP contribution in [0.15, 0.2) is 43.0 Å². The van der Waals surface area contributed by atoms with Gasteiger partial charge in [-0.25, -0.2) is 14.4 Å². The first-order valence-corrected chi connectivity index (χ1v) is 9.67. The summed E-state index contributed by atoms with van der Waals surface area (Å²) in [5, 5.41) is 11.9. The molecule has 5 rings (SSSR count). The molecule has 1 N–H and O–H groups in total. The van der Waals surface area contributed by atoms with E-state index in [0.29, 0.717) is 29.1 Å². The standard InChI is InChI=1S/C19H17ClFN7O/c20-12-8-22-19(23-9-12)26-15-5-11-6-17(15)27(10-11)18(29)14-7-13(21)1-2-16(14)28-24-3-4-25-28/h1-4,7-9,11,15,17H,5-6,10H2,(H,22,23,26)/t11-,15+,17-/m0/s1. The van der Waals surface area contributed by atoms with Crippen molar-refractivity contribution in [2.75, 3.05) is 11.9 Å². The number of hydrogen-bond donors (Lipinski definition) is 1. The molecule has 1 saturated carbocycles. The van der Waals surface area contributed by atoms with Gasteiger partial charge in [-0.3, -0.25) is 4.79 Å². The summed E-state index contributed by atoms with van der Waals surface area (Å²) < 4.78 is 14.0. The molecule has 2 bridgehead atoms. The Morgan fingerprint density at radius 3 is 2.66 bits per heavy atom. The lowest BCUT2D eigenvalue weighted by molar-refractivity contribution is 0.0691. The van der Waals surface area contributed by atoms with E-state index in [1.54, 1.807) is 0 Å². The maximum Gasteiger partial charge on any atom is 0.256 e. The minimum Gasteiger partial charge on any atom is -0.349 e. The molecule has 3 atom stereocenters. The summed E-state index contributed by atoms with van der Waals surface area (Å²) in [4.78, 5) is 24.9. The van der Waals surface area contributed by atoms with Crippen LogP contribution in [0, 0.1) is 11.7 Å². The molecule has 0 radical (unpaired) electrons. The van der Waals surface area contributed by atoms with Crippen molar-refractivity contribution in [2.45, 2.75) is 24.9 Å². The number of hydrogen-bond acceptors (Lipinski definition) is 6. The molecule has 3 heterocycles. The average Bonchev–Trinajstić information content (AvgIpc) is 3.46. The first-order chi connectivity index (χ1) is 14.1. The van der Waals surface area contributed by atoms with Gasteiger partial charge in [-0.05, 0) is 37.0 Å². The number of piperidine rings is 1. The van der Waals surface area contributed by atoms with Gasteiger partial charge in [0.05, 0.1) is 47.1 Å². The van der Waals surface area contributed by atoms with Crippen molar-refractivity contribution in [2.24, 2.45) is 5.92 Å². The number of halogens is 2. The minimum absolute atomic E-state index is 0.0199. The SMILES string of the molecule is O=C(c1cc(F)ccc1-n1nccn1)N1C[C@H]2C[C@@H](Nc3ncc(Cl)cn3)[C@@H]1C2. The third-order valence-electron chi connectivity index (χ3n) is 5.50. The summed E-state index contributed by atoms with van der Waals surface area (Å²) in [5.74, 6) is 0.158. The molecule has 0 spiro atoms. The summed E-state index contributed by atoms with van der Waals surface area (Å²) in [6, 6.07) is 4.08. The number of aromatic nitrogens is 5. The highest BCUT2D eigenvalue weighted by Gasteiger charge is 2.47. The number of carbonyl (C=O) groups excluding carboxylic acids is 1. The molecule has 1 aliphatic heterocycles. The first-order valence-electron chi connectivity index (χ1n) is 9.30. The molecular weight excluding hydrogens is 397 g/mol. The largest absolute Gasteiger partial charge is 0.349 e. The van der Waals surface area contributed by atoms with Gasteiger partial charge in [-0.15, -0.1) is 0 Å².